The molecule has 8 heteroatoms. The van der Waals surface area contributed by atoms with Crippen LogP contribution in [0.4, 0.5) is 0 Å². The highest BCUT2D eigenvalue weighted by Crippen LogP contribution is 2.37. The molecule has 0 amide bonds. The molecule has 0 bridgehead atoms. The minimum absolute atomic E-state index is 0.440. The minimum Gasteiger partial charge on any atom is -0.241 e. The van der Waals surface area contributed by atoms with Gasteiger partial charge in [-0.1, -0.05) is 36.4 Å². The first-order valence-corrected chi connectivity index (χ1v) is 10.6. The van der Waals surface area contributed by atoms with Gasteiger partial charge in [-0.3, -0.25) is 0 Å². The van der Waals surface area contributed by atoms with Crippen LogP contribution < -0.4 is 0 Å². The first-order valence-electron chi connectivity index (χ1n) is 8.83. The van der Waals surface area contributed by atoms with Gasteiger partial charge in [-0.15, -0.1) is 27.6 Å². The summed E-state index contributed by atoms with van der Waals surface area (Å²) in [4.78, 5) is 19.1. The Morgan fingerprint density at radius 1 is 0.800 bits per heavy atom. The lowest BCUT2D eigenvalue weighted by Gasteiger charge is -2.20. The van der Waals surface area contributed by atoms with Crippen molar-refractivity contribution in [1.82, 2.24) is 9.97 Å². The van der Waals surface area contributed by atoms with E-state index in [2.05, 4.69) is 15.0 Å². The Kier molecular flexibility index (Phi) is 4.49. The van der Waals surface area contributed by atoms with Gasteiger partial charge in [-0.2, -0.15) is 16.8 Å². The van der Waals surface area contributed by atoms with Gasteiger partial charge >= 0.3 is 0 Å². The van der Waals surface area contributed by atoms with Crippen molar-refractivity contribution >= 4 is 34.1 Å². The van der Waals surface area contributed by atoms with Gasteiger partial charge in [0, 0.05) is 11.1 Å². The van der Waals surface area contributed by atoms with E-state index in [0.717, 1.165) is 21.1 Å². The second-order valence-corrected chi connectivity index (χ2v) is 8.12. The SMILES string of the molecule is [C-]#[N+]/N=C1/c2ccccc2C(=NC#N)c2nc(-c3cccs3)c(-c3cccs3)nc21. The molecule has 6 nitrogen and oxygen atoms in total. The molecule has 0 saturated heterocycles. The molecule has 5 rings (SSSR count). The van der Waals surface area contributed by atoms with Crippen LogP contribution in [0.1, 0.15) is 22.5 Å². The third-order valence-corrected chi connectivity index (χ3v) is 6.36. The fraction of sp³-hybridized carbons (Fsp3) is 0. The third kappa shape index (κ3) is 2.83. The van der Waals surface area contributed by atoms with Crippen molar-refractivity contribution in [3.8, 4) is 27.3 Å². The molecule has 1 aromatic carbocycles. The van der Waals surface area contributed by atoms with E-state index in [1.165, 1.54) is 0 Å². The van der Waals surface area contributed by atoms with Crippen LogP contribution in [0.3, 0.4) is 0 Å². The number of aliphatic imine (C=N–C) groups is 1. The van der Waals surface area contributed by atoms with Crippen LogP contribution in [0.5, 0.6) is 0 Å². The number of nitriles is 1. The predicted molar refractivity (Wildman–Crippen MR) is 119 cm³/mol. The van der Waals surface area contributed by atoms with Crippen molar-refractivity contribution in [2.75, 3.05) is 0 Å². The maximum Gasteiger partial charge on any atom is 0.206 e. The number of rotatable bonds is 2. The Labute approximate surface area is 180 Å². The molecule has 140 valence electrons. The fourth-order valence-electron chi connectivity index (χ4n) is 3.40. The Morgan fingerprint density at radius 3 is 1.87 bits per heavy atom. The van der Waals surface area contributed by atoms with Crippen LogP contribution in [0.2, 0.25) is 0 Å². The molecule has 30 heavy (non-hydrogen) atoms. The average Bonchev–Trinajstić information content (AvgIpc) is 3.49. The van der Waals surface area contributed by atoms with Gasteiger partial charge in [0.2, 0.25) is 6.19 Å². The maximum absolute atomic E-state index is 9.34. The average molecular weight is 422 g/mol. The summed E-state index contributed by atoms with van der Waals surface area (Å²) in [5, 5.41) is 17.4. The molecule has 3 aromatic heterocycles. The summed E-state index contributed by atoms with van der Waals surface area (Å²) in [6, 6.07) is 15.3. The lowest BCUT2D eigenvalue weighted by Crippen LogP contribution is -2.25. The number of nitrogens with zero attached hydrogens (tertiary/aromatic N) is 6. The summed E-state index contributed by atoms with van der Waals surface area (Å²) in [6.45, 7) is 7.31. The van der Waals surface area contributed by atoms with Crippen molar-refractivity contribution in [2.45, 2.75) is 0 Å². The highest BCUT2D eigenvalue weighted by atomic mass is 32.1. The van der Waals surface area contributed by atoms with Crippen LogP contribution >= 0.6 is 22.7 Å². The topological polar surface area (TPSA) is 78.6 Å². The Balaban J connectivity index is 1.90. The number of thiophene rings is 2. The zero-order valence-corrected chi connectivity index (χ0v) is 16.9. The smallest absolute Gasteiger partial charge is 0.206 e. The molecule has 0 N–H and O–H groups in total. The number of hydrogen-bond acceptors (Lipinski definition) is 7. The Hall–Kier alpha value is -3.98. The van der Waals surface area contributed by atoms with E-state index in [9.17, 15) is 5.26 Å². The molecule has 3 heterocycles. The van der Waals surface area contributed by atoms with Crippen molar-refractivity contribution in [3.63, 3.8) is 0 Å². The summed E-state index contributed by atoms with van der Waals surface area (Å²) in [7, 11) is 0. The molecule has 0 radical (unpaired) electrons. The van der Waals surface area contributed by atoms with E-state index in [1.54, 1.807) is 22.7 Å². The zero-order valence-electron chi connectivity index (χ0n) is 15.3. The summed E-state index contributed by atoms with van der Waals surface area (Å²) >= 11 is 3.14. The van der Waals surface area contributed by atoms with Crippen LogP contribution in [-0.2, 0) is 0 Å². The lowest BCUT2D eigenvalue weighted by molar-refractivity contribution is 1.16. The van der Waals surface area contributed by atoms with Crippen LogP contribution in [0.25, 0.3) is 26.1 Å². The second-order valence-electron chi connectivity index (χ2n) is 6.23. The van der Waals surface area contributed by atoms with E-state index < -0.39 is 0 Å². The Morgan fingerprint density at radius 2 is 1.37 bits per heavy atom. The number of benzene rings is 1. The fourth-order valence-corrected chi connectivity index (χ4v) is 4.83. The monoisotopic (exact) mass is 422 g/mol. The maximum atomic E-state index is 9.34. The molecule has 0 spiro atoms. The van der Waals surface area contributed by atoms with Crippen LogP contribution in [-0.4, -0.2) is 21.4 Å². The highest BCUT2D eigenvalue weighted by molar-refractivity contribution is 7.14. The summed E-state index contributed by atoms with van der Waals surface area (Å²) in [6.07, 6.45) is 1.89. The first-order chi connectivity index (χ1) is 14.8. The van der Waals surface area contributed by atoms with Crippen LogP contribution in [0.15, 0.2) is 69.4 Å². The second kappa shape index (κ2) is 7.45. The highest BCUT2D eigenvalue weighted by Gasteiger charge is 2.33. The van der Waals surface area contributed by atoms with Gasteiger partial charge in [0.25, 0.3) is 0 Å². The van der Waals surface area contributed by atoms with Gasteiger partial charge < -0.3 is 0 Å². The zero-order chi connectivity index (χ0) is 20.5. The minimum atomic E-state index is 0.440. The van der Waals surface area contributed by atoms with Gasteiger partial charge in [-0.25, -0.2) is 9.97 Å². The molecule has 0 atom stereocenters. The van der Waals surface area contributed by atoms with Gasteiger partial charge in [0.1, 0.15) is 28.5 Å². The lowest BCUT2D eigenvalue weighted by atomic mass is 9.88. The molecule has 0 unspecified atom stereocenters. The summed E-state index contributed by atoms with van der Waals surface area (Å²) < 4.78 is 0. The molecular formula is C22H10N6S2. The number of aromatic nitrogens is 2. The number of fused-ring (bicyclic) bond motifs is 2. The van der Waals surface area contributed by atoms with Crippen LogP contribution in [0, 0.1) is 18.0 Å². The van der Waals surface area contributed by atoms with E-state index in [0.29, 0.717) is 33.9 Å². The quantitative estimate of drug-likeness (QED) is 0.222. The third-order valence-electron chi connectivity index (χ3n) is 4.60. The molecular weight excluding hydrogens is 412 g/mol. The van der Waals surface area contributed by atoms with Crippen molar-refractivity contribution in [1.29, 1.82) is 5.26 Å². The molecule has 4 aromatic rings. The largest absolute Gasteiger partial charge is 0.241 e. The van der Waals surface area contributed by atoms with Gasteiger partial charge in [0.05, 0.1) is 14.9 Å². The van der Waals surface area contributed by atoms with Crippen molar-refractivity contribution in [3.05, 3.63) is 93.3 Å². The first kappa shape index (κ1) is 18.1. The normalized spacial score (nSPS) is 14.7. The van der Waals surface area contributed by atoms with Gasteiger partial charge in [0.15, 0.2) is 5.71 Å². The van der Waals surface area contributed by atoms with E-state index in [-0.39, 0.29) is 0 Å². The van der Waals surface area contributed by atoms with E-state index in [1.807, 2.05) is 65.5 Å². The Bertz CT molecular complexity index is 1290. The van der Waals surface area contributed by atoms with E-state index >= 15 is 0 Å². The standard InChI is InChI=1S/C22H10N6S2/c1-24-28-18-14-7-3-2-6-13(14)17(25-12-23)21-22(18)27-20(16-9-5-11-30-16)19(26-21)15-8-4-10-29-15/h2-11H/b25-17?,28-18-. The molecule has 0 saturated carbocycles. The molecule has 0 aliphatic heterocycles. The molecule has 1 aliphatic carbocycles. The molecule has 1 aliphatic rings. The summed E-state index contributed by atoms with van der Waals surface area (Å²) in [5.41, 5.74) is 4.67. The van der Waals surface area contributed by atoms with Gasteiger partial charge in [-0.05, 0) is 22.9 Å². The predicted octanol–water partition coefficient (Wildman–Crippen LogP) is 5.24. The van der Waals surface area contributed by atoms with Crippen molar-refractivity contribution in [2.24, 2.45) is 10.1 Å². The van der Waals surface area contributed by atoms with Crippen molar-refractivity contribution < 1.29 is 0 Å². The van der Waals surface area contributed by atoms with E-state index in [4.69, 9.17) is 16.5 Å². The molecule has 0 fully saturated rings. The number of hydrogen-bond donors (Lipinski definition) is 0. The summed E-state index contributed by atoms with van der Waals surface area (Å²) in [5.74, 6) is 0.